The maximum atomic E-state index is 13.2. The number of hydrogen-bond acceptors (Lipinski definition) is 4. The van der Waals surface area contributed by atoms with Gasteiger partial charge in [0.2, 0.25) is 5.91 Å². The van der Waals surface area contributed by atoms with Gasteiger partial charge in [-0.1, -0.05) is 18.7 Å². The molecule has 0 fully saturated rings. The van der Waals surface area contributed by atoms with E-state index in [1.165, 1.54) is 13.1 Å². The van der Waals surface area contributed by atoms with Crippen LogP contribution in [0, 0.1) is 0 Å². The summed E-state index contributed by atoms with van der Waals surface area (Å²) in [4.78, 5) is 25.5. The molecule has 1 amide bonds. The predicted octanol–water partition coefficient (Wildman–Crippen LogP) is 4.26. The first-order chi connectivity index (χ1) is 16.0. The molecule has 4 aromatic rings. The van der Waals surface area contributed by atoms with Gasteiger partial charge in [-0.15, -0.1) is 0 Å². The van der Waals surface area contributed by atoms with Gasteiger partial charge in [-0.2, -0.15) is 18.3 Å². The van der Waals surface area contributed by atoms with E-state index in [0.717, 1.165) is 21.2 Å². The topological polar surface area (TPSA) is 81.0 Å². The van der Waals surface area contributed by atoms with Gasteiger partial charge in [-0.3, -0.25) is 14.3 Å². The third-order valence-corrected chi connectivity index (χ3v) is 5.47. The number of hydrogen-bond donors (Lipinski definition) is 2. The zero-order valence-electron chi connectivity index (χ0n) is 18.5. The molecule has 0 unspecified atom stereocenters. The highest BCUT2D eigenvalue weighted by atomic mass is 19.4. The molecule has 4 rings (SSSR count). The number of aromatic nitrogens is 3. The molecular formula is C24H22F3N5O2. The van der Waals surface area contributed by atoms with E-state index in [4.69, 9.17) is 0 Å². The van der Waals surface area contributed by atoms with Crippen molar-refractivity contribution >= 4 is 39.0 Å². The van der Waals surface area contributed by atoms with Crippen LogP contribution >= 0.6 is 0 Å². The van der Waals surface area contributed by atoms with Gasteiger partial charge in [-0.25, -0.2) is 0 Å². The van der Waals surface area contributed by atoms with E-state index in [1.54, 1.807) is 35.1 Å². The molecule has 0 aliphatic rings. The highest BCUT2D eigenvalue weighted by molar-refractivity contribution is 5.95. The summed E-state index contributed by atoms with van der Waals surface area (Å²) in [5, 5.41) is 11.2. The molecule has 2 N–H and O–H groups in total. The van der Waals surface area contributed by atoms with Crippen LogP contribution in [-0.4, -0.2) is 32.5 Å². The summed E-state index contributed by atoms with van der Waals surface area (Å²) in [6, 6.07) is 10.4. The Morgan fingerprint density at radius 2 is 1.94 bits per heavy atom. The van der Waals surface area contributed by atoms with Crippen LogP contribution in [0.1, 0.15) is 6.92 Å². The zero-order valence-corrected chi connectivity index (χ0v) is 18.5. The lowest BCUT2D eigenvalue weighted by atomic mass is 10.1. The first-order valence-electron chi connectivity index (χ1n) is 10.4. The van der Waals surface area contributed by atoms with Crippen LogP contribution in [0.2, 0.25) is 0 Å². The molecule has 0 bridgehead atoms. The van der Waals surface area contributed by atoms with Crippen molar-refractivity contribution in [2.24, 2.45) is 7.05 Å². The number of fused-ring (bicyclic) bond motifs is 2. The normalized spacial score (nSPS) is 12.6. The molecule has 7 nitrogen and oxygen atoms in total. The van der Waals surface area contributed by atoms with Gasteiger partial charge in [0.15, 0.2) is 0 Å². The van der Waals surface area contributed by atoms with Gasteiger partial charge in [0.1, 0.15) is 12.6 Å². The van der Waals surface area contributed by atoms with Crippen molar-refractivity contribution < 1.29 is 18.0 Å². The molecule has 0 radical (unpaired) electrons. The van der Waals surface area contributed by atoms with E-state index in [2.05, 4.69) is 17.0 Å². The third kappa shape index (κ3) is 4.52. The zero-order chi connectivity index (χ0) is 24.6. The maximum Gasteiger partial charge on any atom is 0.412 e. The van der Waals surface area contributed by atoms with E-state index < -0.39 is 30.2 Å². The van der Waals surface area contributed by atoms with Crippen LogP contribution in [0.15, 0.2) is 71.8 Å². The minimum Gasteiger partial charge on any atom is -0.355 e. The van der Waals surface area contributed by atoms with Crippen LogP contribution < -0.4 is 16.2 Å². The lowest BCUT2D eigenvalue weighted by Gasteiger charge is -2.22. The molecule has 0 saturated heterocycles. The Balaban J connectivity index is 1.65. The standard InChI is InChI=1S/C24H22F3N5O2/c1-14(2)22(24(25,26)27)30-20(33)13-32-10-9-15-5-4-6-18(21(15)23(32)34)29-17-7-8-19-16(11-17)12-28-31(19)3/h4-12,22,29H,1,13H2,2-3H3,(H,30,33)/t22-/m0/s1. The molecule has 34 heavy (non-hydrogen) atoms. The molecule has 10 heteroatoms. The number of nitrogens with one attached hydrogen (secondary N) is 2. The summed E-state index contributed by atoms with van der Waals surface area (Å²) in [6.07, 6.45) is -1.56. The lowest BCUT2D eigenvalue weighted by molar-refractivity contribution is -0.154. The second-order valence-electron chi connectivity index (χ2n) is 8.07. The summed E-state index contributed by atoms with van der Waals surface area (Å²) < 4.78 is 42.3. The van der Waals surface area contributed by atoms with Crippen molar-refractivity contribution in [1.82, 2.24) is 19.7 Å². The van der Waals surface area contributed by atoms with Gasteiger partial charge in [0, 0.05) is 24.3 Å². The SMILES string of the molecule is C=C(C)[C@H](NC(=O)Cn1ccc2cccc(Nc3ccc4c(cnn4C)c3)c2c1=O)C(F)(F)F. The molecule has 0 aliphatic carbocycles. The van der Waals surface area contributed by atoms with Crippen LogP contribution in [0.25, 0.3) is 21.7 Å². The number of rotatable bonds is 6. The Hall–Kier alpha value is -4.08. The summed E-state index contributed by atoms with van der Waals surface area (Å²) >= 11 is 0. The van der Waals surface area contributed by atoms with E-state index in [0.29, 0.717) is 16.5 Å². The second-order valence-corrected chi connectivity index (χ2v) is 8.07. The lowest BCUT2D eigenvalue weighted by Crippen LogP contribution is -2.47. The molecule has 2 heterocycles. The second kappa shape index (κ2) is 8.69. The fraction of sp³-hybridized carbons (Fsp3) is 0.208. The van der Waals surface area contributed by atoms with Crippen LogP contribution in [0.5, 0.6) is 0 Å². The van der Waals surface area contributed by atoms with Gasteiger partial charge >= 0.3 is 6.18 Å². The van der Waals surface area contributed by atoms with Crippen molar-refractivity contribution in [1.29, 1.82) is 0 Å². The quantitative estimate of drug-likeness (QED) is 0.414. The van der Waals surface area contributed by atoms with Crippen LogP contribution in [0.3, 0.4) is 0 Å². The van der Waals surface area contributed by atoms with E-state index in [-0.39, 0.29) is 5.57 Å². The highest BCUT2D eigenvalue weighted by Gasteiger charge is 2.41. The Morgan fingerprint density at radius 3 is 2.65 bits per heavy atom. The van der Waals surface area contributed by atoms with Gasteiger partial charge in [-0.05, 0) is 48.2 Å². The molecule has 0 saturated carbocycles. The van der Waals surface area contributed by atoms with Crippen molar-refractivity contribution in [3.05, 3.63) is 77.4 Å². The summed E-state index contributed by atoms with van der Waals surface area (Å²) in [5.41, 5.74) is 1.44. The number of pyridine rings is 1. The molecule has 1 atom stereocenters. The van der Waals surface area contributed by atoms with Crippen molar-refractivity contribution in [2.45, 2.75) is 25.7 Å². The first-order valence-corrected chi connectivity index (χ1v) is 10.4. The fourth-order valence-electron chi connectivity index (χ4n) is 3.80. The van der Waals surface area contributed by atoms with Crippen molar-refractivity contribution in [2.75, 3.05) is 5.32 Å². The number of amides is 1. The Labute approximate surface area is 192 Å². The summed E-state index contributed by atoms with van der Waals surface area (Å²) in [6.45, 7) is 3.91. The monoisotopic (exact) mass is 469 g/mol. The number of carbonyl (C=O) groups is 1. The maximum absolute atomic E-state index is 13.2. The summed E-state index contributed by atoms with van der Waals surface area (Å²) in [7, 11) is 1.84. The van der Waals surface area contributed by atoms with Crippen LogP contribution in [0.4, 0.5) is 24.5 Å². The van der Waals surface area contributed by atoms with E-state index in [1.807, 2.05) is 30.6 Å². The minimum absolute atomic E-state index is 0.247. The number of nitrogens with zero attached hydrogens (tertiary/aromatic N) is 3. The predicted molar refractivity (Wildman–Crippen MR) is 125 cm³/mol. The minimum atomic E-state index is -4.68. The number of alkyl halides is 3. The van der Waals surface area contributed by atoms with Crippen molar-refractivity contribution in [3.63, 3.8) is 0 Å². The Morgan fingerprint density at radius 1 is 1.18 bits per heavy atom. The van der Waals surface area contributed by atoms with Crippen molar-refractivity contribution in [3.8, 4) is 0 Å². The average Bonchev–Trinajstić information content (AvgIpc) is 3.13. The smallest absolute Gasteiger partial charge is 0.355 e. The largest absolute Gasteiger partial charge is 0.412 e. The molecular weight excluding hydrogens is 447 g/mol. The number of carbonyl (C=O) groups excluding carboxylic acids is 1. The van der Waals surface area contributed by atoms with Crippen LogP contribution in [-0.2, 0) is 18.4 Å². The van der Waals surface area contributed by atoms with Gasteiger partial charge in [0.25, 0.3) is 5.56 Å². The molecule has 0 aliphatic heterocycles. The molecule has 2 aromatic heterocycles. The summed E-state index contributed by atoms with van der Waals surface area (Å²) in [5.74, 6) is -0.945. The molecule has 176 valence electrons. The van der Waals surface area contributed by atoms with Gasteiger partial charge in [0.05, 0.1) is 22.8 Å². The first kappa shape index (κ1) is 23.1. The Bertz CT molecular complexity index is 1470. The molecule has 0 spiro atoms. The third-order valence-electron chi connectivity index (χ3n) is 5.47. The fourth-order valence-corrected chi connectivity index (χ4v) is 3.80. The number of anilines is 2. The molecule has 2 aromatic carbocycles. The Kier molecular flexibility index (Phi) is 5.90. The number of benzene rings is 2. The average molecular weight is 469 g/mol. The van der Waals surface area contributed by atoms with E-state index in [9.17, 15) is 22.8 Å². The van der Waals surface area contributed by atoms with Gasteiger partial charge < -0.3 is 15.2 Å². The number of aryl methyl sites for hydroxylation is 1. The van der Waals surface area contributed by atoms with E-state index >= 15 is 0 Å². The highest BCUT2D eigenvalue weighted by Crippen LogP contribution is 2.27. The number of halogens is 3.